The molecule has 0 bridgehead atoms. The first-order chi connectivity index (χ1) is 10.6. The number of methoxy groups -OCH3 is 2. The molecule has 22 heavy (non-hydrogen) atoms. The quantitative estimate of drug-likeness (QED) is 0.870. The fraction of sp³-hybridized carbons (Fsp3) is 0.562. The lowest BCUT2D eigenvalue weighted by molar-refractivity contribution is 0.0890. The molecule has 122 valence electrons. The van der Waals surface area contributed by atoms with Crippen LogP contribution in [0.2, 0.25) is 5.02 Å². The van der Waals surface area contributed by atoms with Crippen molar-refractivity contribution in [3.63, 3.8) is 0 Å². The molecule has 2 rings (SSSR count). The molecule has 1 aliphatic heterocycles. The van der Waals surface area contributed by atoms with Gasteiger partial charge in [-0.3, -0.25) is 4.79 Å². The normalized spacial score (nSPS) is 16.5. The van der Waals surface area contributed by atoms with Gasteiger partial charge in [0.15, 0.2) is 0 Å². The minimum Gasteiger partial charge on any atom is -0.496 e. The Bertz CT molecular complexity index is 502. The predicted molar refractivity (Wildman–Crippen MR) is 86.8 cm³/mol. The van der Waals surface area contributed by atoms with E-state index in [2.05, 4.69) is 10.2 Å². The number of carbonyl (C=O) groups excluding carboxylic acids is 1. The van der Waals surface area contributed by atoms with Crippen LogP contribution in [0, 0.1) is 0 Å². The van der Waals surface area contributed by atoms with Gasteiger partial charge in [-0.2, -0.15) is 0 Å². The highest BCUT2D eigenvalue weighted by molar-refractivity contribution is 6.31. The maximum absolute atomic E-state index is 12.4. The Labute approximate surface area is 136 Å². The van der Waals surface area contributed by atoms with Gasteiger partial charge in [0.25, 0.3) is 5.91 Å². The number of ether oxygens (including phenoxy) is 2. The van der Waals surface area contributed by atoms with Crippen molar-refractivity contribution in [2.24, 2.45) is 0 Å². The number of nitrogens with zero attached hydrogens (tertiary/aromatic N) is 1. The highest BCUT2D eigenvalue weighted by atomic mass is 35.5. The van der Waals surface area contributed by atoms with Crippen molar-refractivity contribution < 1.29 is 14.3 Å². The maximum atomic E-state index is 12.4. The number of amides is 1. The topological polar surface area (TPSA) is 50.8 Å². The van der Waals surface area contributed by atoms with Crippen molar-refractivity contribution in [3.05, 3.63) is 28.8 Å². The third kappa shape index (κ3) is 4.60. The summed E-state index contributed by atoms with van der Waals surface area (Å²) in [5.41, 5.74) is 0.483. The molecular weight excluding hydrogens is 304 g/mol. The van der Waals surface area contributed by atoms with Gasteiger partial charge >= 0.3 is 0 Å². The number of nitrogens with one attached hydrogen (secondary N) is 1. The minimum atomic E-state index is -0.130. The average Bonchev–Trinajstić information content (AvgIpc) is 2.54. The summed E-state index contributed by atoms with van der Waals surface area (Å²) in [6.07, 6.45) is 1.89. The molecule has 0 aromatic heterocycles. The van der Waals surface area contributed by atoms with Crippen LogP contribution in [0.4, 0.5) is 0 Å². The lowest BCUT2D eigenvalue weighted by atomic mass is 10.0. The van der Waals surface area contributed by atoms with Crippen molar-refractivity contribution in [3.8, 4) is 5.75 Å². The molecule has 0 unspecified atom stereocenters. The Morgan fingerprint density at radius 3 is 2.73 bits per heavy atom. The van der Waals surface area contributed by atoms with Crippen LogP contribution in [0.15, 0.2) is 18.2 Å². The van der Waals surface area contributed by atoms with Gasteiger partial charge in [-0.05, 0) is 31.0 Å². The first kappa shape index (κ1) is 17.1. The van der Waals surface area contributed by atoms with Crippen molar-refractivity contribution in [2.75, 3.05) is 40.5 Å². The molecule has 1 fully saturated rings. The second kappa shape index (κ2) is 8.36. The lowest BCUT2D eigenvalue weighted by Gasteiger charge is -2.32. The van der Waals surface area contributed by atoms with Crippen molar-refractivity contribution in [1.82, 2.24) is 10.2 Å². The molecule has 0 radical (unpaired) electrons. The maximum Gasteiger partial charge on any atom is 0.255 e. The molecular formula is C16H23ClN2O3. The van der Waals surface area contributed by atoms with E-state index < -0.39 is 0 Å². The molecule has 1 aromatic carbocycles. The number of likely N-dealkylation sites (tertiary alicyclic amines) is 1. The van der Waals surface area contributed by atoms with E-state index in [-0.39, 0.29) is 11.9 Å². The van der Waals surface area contributed by atoms with Gasteiger partial charge in [0.2, 0.25) is 0 Å². The van der Waals surface area contributed by atoms with Crippen LogP contribution in [0.25, 0.3) is 0 Å². The summed E-state index contributed by atoms with van der Waals surface area (Å²) in [4.78, 5) is 14.8. The standard InChI is InChI=1S/C16H23ClN2O3/c1-21-10-9-19-7-5-13(6-8-19)18-16(20)14-11-12(17)3-4-15(14)22-2/h3-4,11,13H,5-10H2,1-2H3,(H,18,20). The molecule has 1 aromatic rings. The Kier molecular flexibility index (Phi) is 6.49. The highest BCUT2D eigenvalue weighted by Gasteiger charge is 2.22. The molecule has 5 nitrogen and oxygen atoms in total. The second-order valence-corrected chi connectivity index (χ2v) is 5.86. The van der Waals surface area contributed by atoms with E-state index in [1.807, 2.05) is 0 Å². The second-order valence-electron chi connectivity index (χ2n) is 5.43. The largest absolute Gasteiger partial charge is 0.496 e. The van der Waals surface area contributed by atoms with Crippen LogP contribution in [0.5, 0.6) is 5.75 Å². The van der Waals surface area contributed by atoms with Gasteiger partial charge in [-0.25, -0.2) is 0 Å². The summed E-state index contributed by atoms with van der Waals surface area (Å²) in [5.74, 6) is 0.411. The van der Waals surface area contributed by atoms with Crippen LogP contribution >= 0.6 is 11.6 Å². The summed E-state index contributed by atoms with van der Waals surface area (Å²) >= 11 is 5.97. The third-order valence-electron chi connectivity index (χ3n) is 3.94. The Balaban J connectivity index is 1.89. The molecule has 1 heterocycles. The number of rotatable bonds is 6. The van der Waals surface area contributed by atoms with E-state index in [4.69, 9.17) is 21.1 Å². The van der Waals surface area contributed by atoms with Crippen LogP contribution < -0.4 is 10.1 Å². The molecule has 0 aliphatic carbocycles. The van der Waals surface area contributed by atoms with Crippen molar-refractivity contribution >= 4 is 17.5 Å². The summed E-state index contributed by atoms with van der Waals surface area (Å²) < 4.78 is 10.3. The number of piperidine rings is 1. The Morgan fingerprint density at radius 1 is 1.36 bits per heavy atom. The zero-order chi connectivity index (χ0) is 15.9. The van der Waals surface area contributed by atoms with Gasteiger partial charge in [0, 0.05) is 37.8 Å². The Hall–Kier alpha value is -1.30. The summed E-state index contributed by atoms with van der Waals surface area (Å²) in [6.45, 7) is 3.64. The van der Waals surface area contributed by atoms with E-state index in [1.165, 1.54) is 0 Å². The van der Waals surface area contributed by atoms with Crippen LogP contribution in [0.3, 0.4) is 0 Å². The molecule has 0 saturated carbocycles. The highest BCUT2D eigenvalue weighted by Crippen LogP contribution is 2.23. The first-order valence-electron chi connectivity index (χ1n) is 7.49. The fourth-order valence-electron chi connectivity index (χ4n) is 2.64. The SMILES string of the molecule is COCCN1CCC(NC(=O)c2cc(Cl)ccc2OC)CC1. The molecule has 1 aliphatic rings. The van der Waals surface area contributed by atoms with Gasteiger partial charge in [-0.1, -0.05) is 11.6 Å². The van der Waals surface area contributed by atoms with E-state index >= 15 is 0 Å². The number of carbonyl (C=O) groups is 1. The monoisotopic (exact) mass is 326 g/mol. The summed E-state index contributed by atoms with van der Waals surface area (Å²) in [6, 6.07) is 5.26. The molecule has 1 N–H and O–H groups in total. The van der Waals surface area contributed by atoms with Gasteiger partial charge in [-0.15, -0.1) is 0 Å². The fourth-order valence-corrected chi connectivity index (χ4v) is 2.81. The average molecular weight is 327 g/mol. The van der Waals surface area contributed by atoms with E-state index in [0.717, 1.165) is 39.1 Å². The molecule has 0 atom stereocenters. The summed E-state index contributed by atoms with van der Waals surface area (Å²) in [5, 5.41) is 3.61. The van der Waals surface area contributed by atoms with Gasteiger partial charge in [0.05, 0.1) is 19.3 Å². The van der Waals surface area contributed by atoms with Gasteiger partial charge in [0.1, 0.15) is 5.75 Å². The number of hydrogen-bond donors (Lipinski definition) is 1. The summed E-state index contributed by atoms with van der Waals surface area (Å²) in [7, 11) is 3.26. The van der Waals surface area contributed by atoms with Crippen molar-refractivity contribution in [1.29, 1.82) is 0 Å². The smallest absolute Gasteiger partial charge is 0.255 e. The van der Waals surface area contributed by atoms with Crippen molar-refractivity contribution in [2.45, 2.75) is 18.9 Å². The van der Waals surface area contributed by atoms with Gasteiger partial charge < -0.3 is 19.7 Å². The van der Waals surface area contributed by atoms with E-state index in [1.54, 1.807) is 32.4 Å². The molecule has 1 saturated heterocycles. The zero-order valence-corrected chi connectivity index (χ0v) is 13.9. The predicted octanol–water partition coefficient (Wildman–Crippen LogP) is 2.19. The van der Waals surface area contributed by atoms with E-state index in [9.17, 15) is 4.79 Å². The zero-order valence-electron chi connectivity index (χ0n) is 13.1. The van der Waals surface area contributed by atoms with E-state index in [0.29, 0.717) is 16.3 Å². The Morgan fingerprint density at radius 2 is 2.09 bits per heavy atom. The third-order valence-corrected chi connectivity index (χ3v) is 4.18. The lowest BCUT2D eigenvalue weighted by Crippen LogP contribution is -2.45. The number of benzene rings is 1. The van der Waals surface area contributed by atoms with Crippen LogP contribution in [-0.4, -0.2) is 57.3 Å². The van der Waals surface area contributed by atoms with Crippen LogP contribution in [0.1, 0.15) is 23.2 Å². The molecule has 0 spiro atoms. The molecule has 1 amide bonds. The first-order valence-corrected chi connectivity index (χ1v) is 7.87. The molecule has 6 heteroatoms. The number of hydrogen-bond acceptors (Lipinski definition) is 4. The van der Waals surface area contributed by atoms with Crippen LogP contribution in [-0.2, 0) is 4.74 Å². The minimum absolute atomic E-state index is 0.130. The number of halogens is 1.